The number of hydrogen-bond acceptors (Lipinski definition) is 4. The van der Waals surface area contributed by atoms with Gasteiger partial charge in [-0.1, -0.05) is 12.1 Å². The highest BCUT2D eigenvalue weighted by Crippen LogP contribution is 2.30. The highest BCUT2D eigenvalue weighted by atomic mass is 19.4. The average molecular weight is 429 g/mol. The number of amides is 2. The van der Waals surface area contributed by atoms with Gasteiger partial charge in [0.2, 0.25) is 11.8 Å². The van der Waals surface area contributed by atoms with Crippen molar-refractivity contribution in [3.05, 3.63) is 72.4 Å². The molecule has 1 N–H and O–H groups in total. The Morgan fingerprint density at radius 1 is 1.23 bits per heavy atom. The molecule has 2 amide bonds. The number of benzene rings is 1. The molecule has 0 bridgehead atoms. The lowest BCUT2D eigenvalue weighted by molar-refractivity contribution is -0.137. The first-order valence-corrected chi connectivity index (χ1v) is 9.49. The van der Waals surface area contributed by atoms with Crippen molar-refractivity contribution in [2.75, 3.05) is 11.9 Å². The standard InChI is InChI=1S/C21H18F3N5O2/c22-21(23,24)16-3-1-2-14(8-16)11-29-12-15(9-19(29)30)20(31)27-17-4-5-18(26-10-17)28-7-6-25-13-28/h1-8,10,13,15H,9,11-12H2,(H,27,31). The summed E-state index contributed by atoms with van der Waals surface area (Å²) in [5, 5.41) is 2.74. The molecule has 0 radical (unpaired) electrons. The Bertz CT molecular complexity index is 1080. The van der Waals surface area contributed by atoms with Crippen LogP contribution in [0.4, 0.5) is 18.9 Å². The van der Waals surface area contributed by atoms with Gasteiger partial charge in [0.05, 0.1) is 23.4 Å². The maximum Gasteiger partial charge on any atom is 0.416 e. The molecule has 4 rings (SSSR count). The summed E-state index contributed by atoms with van der Waals surface area (Å²) in [6, 6.07) is 8.26. The first-order valence-electron chi connectivity index (χ1n) is 9.49. The van der Waals surface area contributed by atoms with Crippen LogP contribution in [0.25, 0.3) is 5.82 Å². The fourth-order valence-corrected chi connectivity index (χ4v) is 3.42. The van der Waals surface area contributed by atoms with Crippen molar-refractivity contribution in [3.63, 3.8) is 0 Å². The Morgan fingerprint density at radius 2 is 2.06 bits per heavy atom. The van der Waals surface area contributed by atoms with Crippen molar-refractivity contribution >= 4 is 17.5 Å². The van der Waals surface area contributed by atoms with Gasteiger partial charge >= 0.3 is 6.18 Å². The molecule has 0 spiro atoms. The molecule has 10 heteroatoms. The maximum atomic E-state index is 12.9. The third-order valence-corrected chi connectivity index (χ3v) is 5.00. The Kier molecular flexibility index (Phi) is 5.45. The first kappa shape index (κ1) is 20.6. The Hall–Kier alpha value is -3.69. The van der Waals surface area contributed by atoms with Crippen LogP contribution in [0.3, 0.4) is 0 Å². The highest BCUT2D eigenvalue weighted by Gasteiger charge is 2.35. The number of rotatable bonds is 5. The molecule has 2 aromatic heterocycles. The van der Waals surface area contributed by atoms with E-state index in [1.54, 1.807) is 35.4 Å². The van der Waals surface area contributed by atoms with E-state index in [4.69, 9.17) is 0 Å². The van der Waals surface area contributed by atoms with Crippen molar-refractivity contribution in [1.82, 2.24) is 19.4 Å². The summed E-state index contributed by atoms with van der Waals surface area (Å²) in [5.41, 5.74) is 0.0822. The van der Waals surface area contributed by atoms with Gasteiger partial charge in [0.15, 0.2) is 0 Å². The second-order valence-electron chi connectivity index (χ2n) is 7.24. The molecule has 1 aliphatic heterocycles. The first-order chi connectivity index (χ1) is 14.8. The SMILES string of the molecule is O=C(Nc1ccc(-n2ccnc2)nc1)C1CC(=O)N(Cc2cccc(C(F)(F)F)c2)C1. The molecule has 160 valence electrons. The van der Waals surface area contributed by atoms with E-state index < -0.39 is 17.7 Å². The number of imidazole rings is 1. The van der Waals surface area contributed by atoms with Crippen LogP contribution in [0, 0.1) is 5.92 Å². The molecule has 3 heterocycles. The van der Waals surface area contributed by atoms with Crippen molar-refractivity contribution < 1.29 is 22.8 Å². The summed E-state index contributed by atoms with van der Waals surface area (Å²) >= 11 is 0. The normalized spacial score (nSPS) is 16.5. The van der Waals surface area contributed by atoms with Gasteiger partial charge in [-0.3, -0.25) is 14.2 Å². The van der Waals surface area contributed by atoms with Gasteiger partial charge in [-0.15, -0.1) is 0 Å². The van der Waals surface area contributed by atoms with E-state index >= 15 is 0 Å². The van der Waals surface area contributed by atoms with Crippen LogP contribution < -0.4 is 5.32 Å². The van der Waals surface area contributed by atoms with Crippen molar-refractivity contribution in [2.45, 2.75) is 19.1 Å². The van der Waals surface area contributed by atoms with Gasteiger partial charge in [0.1, 0.15) is 12.1 Å². The van der Waals surface area contributed by atoms with Crippen molar-refractivity contribution in [3.8, 4) is 5.82 Å². The molecule has 0 saturated carbocycles. The summed E-state index contributed by atoms with van der Waals surface area (Å²) in [5.74, 6) is -0.561. The number of pyridine rings is 1. The van der Waals surface area contributed by atoms with Gasteiger partial charge in [-0.05, 0) is 29.8 Å². The van der Waals surface area contributed by atoms with Gasteiger partial charge in [0.25, 0.3) is 0 Å². The second-order valence-corrected chi connectivity index (χ2v) is 7.24. The number of nitrogens with zero attached hydrogens (tertiary/aromatic N) is 4. The van der Waals surface area contributed by atoms with Gasteiger partial charge in [-0.2, -0.15) is 13.2 Å². The number of hydrogen-bond donors (Lipinski definition) is 1. The zero-order valence-corrected chi connectivity index (χ0v) is 16.2. The Labute approximate surface area is 175 Å². The number of alkyl halides is 3. The molecule has 1 unspecified atom stereocenters. The molecule has 1 saturated heterocycles. The lowest BCUT2D eigenvalue weighted by Crippen LogP contribution is -2.28. The summed E-state index contributed by atoms with van der Waals surface area (Å²) in [6.45, 7) is 0.162. The fraction of sp³-hybridized carbons (Fsp3) is 0.238. The lowest BCUT2D eigenvalue weighted by atomic mass is 10.1. The fourth-order valence-electron chi connectivity index (χ4n) is 3.42. The summed E-state index contributed by atoms with van der Waals surface area (Å²) in [4.78, 5) is 34.5. The average Bonchev–Trinajstić information content (AvgIpc) is 3.39. The van der Waals surface area contributed by atoms with Crippen LogP contribution in [0.2, 0.25) is 0 Å². The van der Waals surface area contributed by atoms with Crippen LogP contribution >= 0.6 is 0 Å². The minimum atomic E-state index is -4.45. The number of aromatic nitrogens is 3. The van der Waals surface area contributed by atoms with Gasteiger partial charge < -0.3 is 10.2 Å². The zero-order valence-electron chi connectivity index (χ0n) is 16.2. The molecule has 1 atom stereocenters. The van der Waals surface area contributed by atoms with E-state index in [2.05, 4.69) is 15.3 Å². The summed E-state index contributed by atoms with van der Waals surface area (Å²) in [7, 11) is 0. The molecule has 7 nitrogen and oxygen atoms in total. The van der Waals surface area contributed by atoms with Crippen LogP contribution in [0.5, 0.6) is 0 Å². The van der Waals surface area contributed by atoms with E-state index in [-0.39, 0.29) is 31.3 Å². The quantitative estimate of drug-likeness (QED) is 0.675. The number of anilines is 1. The molecule has 0 aliphatic carbocycles. The minimum Gasteiger partial charge on any atom is -0.338 e. The van der Waals surface area contributed by atoms with E-state index in [0.29, 0.717) is 17.1 Å². The second kappa shape index (κ2) is 8.21. The molecule has 31 heavy (non-hydrogen) atoms. The van der Waals surface area contributed by atoms with Crippen LogP contribution in [-0.2, 0) is 22.3 Å². The zero-order chi connectivity index (χ0) is 22.0. The van der Waals surface area contributed by atoms with Gasteiger partial charge in [0, 0.05) is 31.9 Å². The lowest BCUT2D eigenvalue weighted by Gasteiger charge is -2.17. The molecule has 1 aliphatic rings. The number of likely N-dealkylation sites (tertiary alicyclic amines) is 1. The predicted octanol–water partition coefficient (Wildman–Crippen LogP) is 3.27. The van der Waals surface area contributed by atoms with Crippen molar-refractivity contribution in [1.29, 1.82) is 0 Å². The minimum absolute atomic E-state index is 0.00530. The Balaban J connectivity index is 1.37. The monoisotopic (exact) mass is 429 g/mol. The number of halogens is 3. The highest BCUT2D eigenvalue weighted by molar-refractivity contribution is 5.97. The largest absolute Gasteiger partial charge is 0.416 e. The third-order valence-electron chi connectivity index (χ3n) is 5.00. The third kappa shape index (κ3) is 4.73. The topological polar surface area (TPSA) is 80.1 Å². The van der Waals surface area contributed by atoms with Crippen molar-refractivity contribution in [2.24, 2.45) is 5.92 Å². The smallest absolute Gasteiger partial charge is 0.338 e. The number of carbonyl (C=O) groups excluding carboxylic acids is 2. The Morgan fingerprint density at radius 3 is 2.74 bits per heavy atom. The van der Waals surface area contributed by atoms with Crippen LogP contribution in [0.1, 0.15) is 17.5 Å². The molecule has 1 fully saturated rings. The summed E-state index contributed by atoms with van der Waals surface area (Å²) < 4.78 is 40.4. The molecular formula is C21H18F3N5O2. The maximum absolute atomic E-state index is 12.9. The van der Waals surface area contributed by atoms with E-state index in [1.165, 1.54) is 23.2 Å². The van der Waals surface area contributed by atoms with Crippen LogP contribution in [0.15, 0.2) is 61.3 Å². The molecular weight excluding hydrogens is 411 g/mol. The number of carbonyl (C=O) groups is 2. The predicted molar refractivity (Wildman–Crippen MR) is 105 cm³/mol. The van der Waals surface area contributed by atoms with E-state index in [9.17, 15) is 22.8 Å². The number of nitrogens with one attached hydrogen (secondary N) is 1. The van der Waals surface area contributed by atoms with Crippen LogP contribution in [-0.4, -0.2) is 37.8 Å². The van der Waals surface area contributed by atoms with E-state index in [0.717, 1.165) is 12.1 Å². The van der Waals surface area contributed by atoms with Gasteiger partial charge in [-0.25, -0.2) is 9.97 Å². The molecule has 1 aromatic carbocycles. The van der Waals surface area contributed by atoms with E-state index in [1.807, 2.05) is 0 Å². The summed E-state index contributed by atoms with van der Waals surface area (Å²) in [6.07, 6.45) is 2.03. The molecule has 3 aromatic rings.